The molecule has 0 unspecified atom stereocenters. The standard InChI is InChI=1S/C12H16N4/c1-14-11-3-2-4-16(9-11)12-5-10(6-13)7-15-8-12/h5,7-8,11,14H,2-4,9H2,1H3/t11-/m0/s1. The highest BCUT2D eigenvalue weighted by atomic mass is 15.2. The van der Waals surface area contributed by atoms with Crippen LogP contribution in [-0.2, 0) is 0 Å². The lowest BCUT2D eigenvalue weighted by molar-refractivity contribution is 0.449. The molecule has 1 aliphatic heterocycles. The zero-order valence-electron chi connectivity index (χ0n) is 9.48. The van der Waals surface area contributed by atoms with E-state index >= 15 is 0 Å². The minimum atomic E-state index is 0.541. The van der Waals surface area contributed by atoms with Gasteiger partial charge in [0.2, 0.25) is 0 Å². The van der Waals surface area contributed by atoms with Gasteiger partial charge < -0.3 is 10.2 Å². The van der Waals surface area contributed by atoms with Crippen molar-refractivity contribution in [3.05, 3.63) is 24.0 Å². The molecule has 1 aromatic heterocycles. The van der Waals surface area contributed by atoms with Gasteiger partial charge in [-0.15, -0.1) is 0 Å². The number of aromatic nitrogens is 1. The molecular weight excluding hydrogens is 200 g/mol. The molecule has 4 heteroatoms. The van der Waals surface area contributed by atoms with Crippen molar-refractivity contribution in [2.45, 2.75) is 18.9 Å². The Hall–Kier alpha value is -1.60. The van der Waals surface area contributed by atoms with E-state index in [9.17, 15) is 0 Å². The van der Waals surface area contributed by atoms with Gasteiger partial charge in [0.05, 0.1) is 17.4 Å². The molecule has 0 aliphatic carbocycles. The van der Waals surface area contributed by atoms with Crippen molar-refractivity contribution in [2.24, 2.45) is 0 Å². The molecule has 0 spiro atoms. The van der Waals surface area contributed by atoms with Crippen LogP contribution in [0.3, 0.4) is 0 Å². The highest BCUT2D eigenvalue weighted by Crippen LogP contribution is 2.19. The molecule has 2 heterocycles. The first-order chi connectivity index (χ1) is 7.83. The zero-order valence-corrected chi connectivity index (χ0v) is 9.48. The van der Waals surface area contributed by atoms with Crippen LogP contribution < -0.4 is 10.2 Å². The van der Waals surface area contributed by atoms with Crippen molar-refractivity contribution in [2.75, 3.05) is 25.0 Å². The summed E-state index contributed by atoms with van der Waals surface area (Å²) < 4.78 is 0. The van der Waals surface area contributed by atoms with Crippen molar-refractivity contribution in [1.29, 1.82) is 5.26 Å². The van der Waals surface area contributed by atoms with Gasteiger partial charge in [-0.1, -0.05) is 0 Å². The maximum atomic E-state index is 8.84. The van der Waals surface area contributed by atoms with Crippen LogP contribution in [0.25, 0.3) is 0 Å². The quantitative estimate of drug-likeness (QED) is 0.805. The zero-order chi connectivity index (χ0) is 11.4. The van der Waals surface area contributed by atoms with Gasteiger partial charge in [-0.2, -0.15) is 5.26 Å². The van der Waals surface area contributed by atoms with Crippen LogP contribution in [-0.4, -0.2) is 31.2 Å². The maximum Gasteiger partial charge on any atom is 0.101 e. The first-order valence-corrected chi connectivity index (χ1v) is 5.61. The average molecular weight is 216 g/mol. The largest absolute Gasteiger partial charge is 0.369 e. The van der Waals surface area contributed by atoms with E-state index in [0.717, 1.165) is 18.8 Å². The number of anilines is 1. The van der Waals surface area contributed by atoms with E-state index in [2.05, 4.69) is 21.3 Å². The van der Waals surface area contributed by atoms with Gasteiger partial charge in [0.25, 0.3) is 0 Å². The van der Waals surface area contributed by atoms with Crippen LogP contribution in [0.2, 0.25) is 0 Å². The van der Waals surface area contributed by atoms with Gasteiger partial charge in [0.1, 0.15) is 6.07 Å². The topological polar surface area (TPSA) is 52.0 Å². The number of piperidine rings is 1. The molecule has 0 radical (unpaired) electrons. The Balaban J connectivity index is 2.14. The smallest absolute Gasteiger partial charge is 0.101 e. The predicted molar refractivity (Wildman–Crippen MR) is 63.2 cm³/mol. The summed E-state index contributed by atoms with van der Waals surface area (Å²) in [5.74, 6) is 0. The Morgan fingerprint density at radius 1 is 1.56 bits per heavy atom. The van der Waals surface area contributed by atoms with Crippen LogP contribution in [0.15, 0.2) is 18.5 Å². The lowest BCUT2D eigenvalue weighted by Gasteiger charge is -2.34. The summed E-state index contributed by atoms with van der Waals surface area (Å²) in [4.78, 5) is 6.39. The minimum absolute atomic E-state index is 0.541. The molecule has 4 nitrogen and oxygen atoms in total. The summed E-state index contributed by atoms with van der Waals surface area (Å²) in [5.41, 5.74) is 1.68. The molecule has 0 aromatic carbocycles. The van der Waals surface area contributed by atoms with Crippen LogP contribution in [0.4, 0.5) is 5.69 Å². The number of nitrogens with zero attached hydrogens (tertiary/aromatic N) is 3. The van der Waals surface area contributed by atoms with E-state index < -0.39 is 0 Å². The van der Waals surface area contributed by atoms with Gasteiger partial charge in [0, 0.05) is 25.3 Å². The Labute approximate surface area is 95.9 Å². The summed E-state index contributed by atoms with van der Waals surface area (Å²) in [7, 11) is 2.00. The van der Waals surface area contributed by atoms with Gasteiger partial charge in [0.15, 0.2) is 0 Å². The van der Waals surface area contributed by atoms with Crippen LogP contribution in [0, 0.1) is 11.3 Å². The van der Waals surface area contributed by atoms with Crippen LogP contribution in [0.1, 0.15) is 18.4 Å². The number of nitriles is 1. The van der Waals surface area contributed by atoms with Crippen LogP contribution >= 0.6 is 0 Å². The minimum Gasteiger partial charge on any atom is -0.369 e. The maximum absolute atomic E-state index is 8.84. The molecule has 16 heavy (non-hydrogen) atoms. The predicted octanol–water partition coefficient (Wildman–Crippen LogP) is 1.14. The van der Waals surface area contributed by atoms with Crippen molar-refractivity contribution in [3.8, 4) is 6.07 Å². The van der Waals surface area contributed by atoms with Gasteiger partial charge in [-0.3, -0.25) is 4.98 Å². The normalized spacial score (nSPS) is 20.5. The molecule has 0 bridgehead atoms. The number of nitrogens with one attached hydrogen (secondary N) is 1. The highest BCUT2D eigenvalue weighted by molar-refractivity contribution is 5.49. The molecule has 0 amide bonds. The first-order valence-electron chi connectivity index (χ1n) is 5.61. The number of hydrogen-bond donors (Lipinski definition) is 1. The molecule has 1 atom stereocenters. The molecule has 0 saturated carbocycles. The van der Waals surface area contributed by atoms with Gasteiger partial charge in [-0.05, 0) is 26.0 Å². The van der Waals surface area contributed by atoms with Crippen molar-refractivity contribution in [1.82, 2.24) is 10.3 Å². The SMILES string of the molecule is CN[C@H]1CCCN(c2cncc(C#N)c2)C1. The molecule has 1 aliphatic rings. The summed E-state index contributed by atoms with van der Waals surface area (Å²) in [6.45, 7) is 2.04. The highest BCUT2D eigenvalue weighted by Gasteiger charge is 2.18. The number of hydrogen-bond acceptors (Lipinski definition) is 4. The molecule has 1 saturated heterocycles. The molecule has 1 aromatic rings. The molecule has 84 valence electrons. The fourth-order valence-corrected chi connectivity index (χ4v) is 2.11. The van der Waals surface area contributed by atoms with E-state index in [1.165, 1.54) is 12.8 Å². The van der Waals surface area contributed by atoms with Crippen molar-refractivity contribution < 1.29 is 0 Å². The van der Waals surface area contributed by atoms with E-state index in [-0.39, 0.29) is 0 Å². The van der Waals surface area contributed by atoms with E-state index in [1.807, 2.05) is 19.3 Å². The second-order valence-corrected chi connectivity index (χ2v) is 4.12. The second-order valence-electron chi connectivity index (χ2n) is 4.12. The summed E-state index contributed by atoms with van der Waals surface area (Å²) >= 11 is 0. The number of pyridine rings is 1. The first kappa shape index (κ1) is 10.9. The number of likely N-dealkylation sites (N-methyl/N-ethyl adjacent to an activating group) is 1. The summed E-state index contributed by atoms with van der Waals surface area (Å²) in [6.07, 6.45) is 5.84. The van der Waals surface area contributed by atoms with Crippen molar-refractivity contribution in [3.63, 3.8) is 0 Å². The third-order valence-electron chi connectivity index (χ3n) is 3.05. The average Bonchev–Trinajstić information content (AvgIpc) is 2.39. The Morgan fingerprint density at radius 2 is 2.44 bits per heavy atom. The second kappa shape index (κ2) is 4.95. The lowest BCUT2D eigenvalue weighted by atomic mass is 10.1. The van der Waals surface area contributed by atoms with E-state index in [1.54, 1.807) is 6.20 Å². The third-order valence-corrected chi connectivity index (χ3v) is 3.05. The van der Waals surface area contributed by atoms with Crippen LogP contribution in [0.5, 0.6) is 0 Å². The molecular formula is C12H16N4. The third kappa shape index (κ3) is 2.31. The van der Waals surface area contributed by atoms with E-state index in [0.29, 0.717) is 11.6 Å². The monoisotopic (exact) mass is 216 g/mol. The Kier molecular flexibility index (Phi) is 3.37. The van der Waals surface area contributed by atoms with E-state index in [4.69, 9.17) is 5.26 Å². The molecule has 1 fully saturated rings. The fourth-order valence-electron chi connectivity index (χ4n) is 2.11. The number of rotatable bonds is 2. The Morgan fingerprint density at radius 3 is 3.19 bits per heavy atom. The summed E-state index contributed by atoms with van der Waals surface area (Å²) in [5, 5.41) is 12.1. The Bertz CT molecular complexity index is 396. The lowest BCUT2D eigenvalue weighted by Crippen LogP contribution is -2.44. The molecule has 1 N–H and O–H groups in total. The van der Waals surface area contributed by atoms with Crippen molar-refractivity contribution >= 4 is 5.69 Å². The molecule has 2 rings (SSSR count). The fraction of sp³-hybridized carbons (Fsp3) is 0.500. The summed E-state index contributed by atoms with van der Waals surface area (Å²) in [6, 6.07) is 4.58. The van der Waals surface area contributed by atoms with Gasteiger partial charge in [-0.25, -0.2) is 0 Å². The van der Waals surface area contributed by atoms with Gasteiger partial charge >= 0.3 is 0 Å².